The highest BCUT2D eigenvalue weighted by Crippen LogP contribution is 2.05. The van der Waals surface area contributed by atoms with Gasteiger partial charge in [0, 0.05) is 25.2 Å². The molecule has 0 amide bonds. The van der Waals surface area contributed by atoms with Gasteiger partial charge in [-0.1, -0.05) is 5.16 Å². The van der Waals surface area contributed by atoms with Gasteiger partial charge in [0.1, 0.15) is 5.76 Å². The van der Waals surface area contributed by atoms with Crippen LogP contribution in [0.15, 0.2) is 22.9 Å². The Kier molecular flexibility index (Phi) is 4.65. The van der Waals surface area contributed by atoms with Crippen molar-refractivity contribution in [2.45, 2.75) is 20.3 Å². The molecule has 0 radical (unpaired) electrons. The maximum absolute atomic E-state index is 11.5. The Morgan fingerprint density at radius 3 is 3.05 bits per heavy atom. The van der Waals surface area contributed by atoms with Crippen LogP contribution in [0.3, 0.4) is 0 Å². The van der Waals surface area contributed by atoms with Crippen LogP contribution in [0.25, 0.3) is 0 Å². The third-order valence-corrected chi connectivity index (χ3v) is 2.48. The van der Waals surface area contributed by atoms with Gasteiger partial charge in [0.15, 0.2) is 5.69 Å². The van der Waals surface area contributed by atoms with E-state index in [2.05, 4.69) is 20.4 Å². The van der Waals surface area contributed by atoms with Crippen molar-refractivity contribution in [3.63, 3.8) is 0 Å². The first-order valence-electron chi connectivity index (χ1n) is 6.35. The van der Waals surface area contributed by atoms with Crippen LogP contribution in [0, 0.1) is 6.92 Å². The number of ether oxygens (including phenoxy) is 1. The maximum Gasteiger partial charge on any atom is 0.357 e. The molecule has 0 aliphatic carbocycles. The molecular formula is C13H16N4O3. The Balaban J connectivity index is 1.89. The van der Waals surface area contributed by atoms with Gasteiger partial charge in [-0.15, -0.1) is 0 Å². The molecule has 0 spiro atoms. The van der Waals surface area contributed by atoms with E-state index in [9.17, 15) is 4.79 Å². The van der Waals surface area contributed by atoms with Crippen LogP contribution in [-0.2, 0) is 11.2 Å². The number of carbonyl (C=O) groups is 1. The third kappa shape index (κ3) is 3.78. The topological polar surface area (TPSA) is 90.1 Å². The minimum absolute atomic E-state index is 0.238. The van der Waals surface area contributed by atoms with Gasteiger partial charge < -0.3 is 14.6 Å². The van der Waals surface area contributed by atoms with Gasteiger partial charge >= 0.3 is 5.97 Å². The Bertz CT molecular complexity index is 583. The Morgan fingerprint density at radius 2 is 2.35 bits per heavy atom. The molecule has 20 heavy (non-hydrogen) atoms. The van der Waals surface area contributed by atoms with Crippen LogP contribution >= 0.6 is 0 Å². The molecule has 0 bridgehead atoms. The molecule has 7 nitrogen and oxygen atoms in total. The van der Waals surface area contributed by atoms with Crippen molar-refractivity contribution in [3.05, 3.63) is 35.5 Å². The average molecular weight is 276 g/mol. The highest BCUT2D eigenvalue weighted by atomic mass is 16.5. The zero-order valence-corrected chi connectivity index (χ0v) is 11.4. The van der Waals surface area contributed by atoms with E-state index >= 15 is 0 Å². The van der Waals surface area contributed by atoms with E-state index in [4.69, 9.17) is 9.26 Å². The van der Waals surface area contributed by atoms with Crippen molar-refractivity contribution in [1.82, 2.24) is 15.1 Å². The molecule has 7 heteroatoms. The normalized spacial score (nSPS) is 10.3. The van der Waals surface area contributed by atoms with Gasteiger partial charge in [-0.25, -0.2) is 14.8 Å². The summed E-state index contributed by atoms with van der Waals surface area (Å²) in [5, 5.41) is 6.92. The summed E-state index contributed by atoms with van der Waals surface area (Å²) in [6, 6.07) is 3.39. The molecule has 0 saturated heterocycles. The van der Waals surface area contributed by atoms with Crippen molar-refractivity contribution in [2.24, 2.45) is 0 Å². The fraction of sp³-hybridized carbons (Fsp3) is 0.385. The van der Waals surface area contributed by atoms with Crippen LogP contribution in [-0.4, -0.2) is 34.2 Å². The molecule has 2 aromatic heterocycles. The van der Waals surface area contributed by atoms with E-state index in [0.29, 0.717) is 25.5 Å². The summed E-state index contributed by atoms with van der Waals surface area (Å²) in [5.41, 5.74) is 1.10. The second kappa shape index (κ2) is 6.65. The lowest BCUT2D eigenvalue weighted by Gasteiger charge is -2.05. The molecule has 106 valence electrons. The summed E-state index contributed by atoms with van der Waals surface area (Å²) in [7, 11) is 0. The minimum atomic E-state index is -0.454. The molecule has 1 N–H and O–H groups in total. The van der Waals surface area contributed by atoms with Gasteiger partial charge in [0.25, 0.3) is 0 Å². The number of aromatic nitrogens is 3. The second-order valence-corrected chi connectivity index (χ2v) is 4.09. The number of anilines is 1. The summed E-state index contributed by atoms with van der Waals surface area (Å²) in [6.07, 6.45) is 2.20. The third-order valence-electron chi connectivity index (χ3n) is 2.48. The predicted octanol–water partition coefficient (Wildman–Crippen LogP) is 1.60. The van der Waals surface area contributed by atoms with E-state index < -0.39 is 5.97 Å². The van der Waals surface area contributed by atoms with Crippen molar-refractivity contribution < 1.29 is 14.1 Å². The van der Waals surface area contributed by atoms with Crippen LogP contribution in [0.2, 0.25) is 0 Å². The highest BCUT2D eigenvalue weighted by Gasteiger charge is 2.09. The van der Waals surface area contributed by atoms with Gasteiger partial charge in [-0.05, 0) is 19.9 Å². The fourth-order valence-corrected chi connectivity index (χ4v) is 1.60. The first-order chi connectivity index (χ1) is 9.69. The zero-order valence-electron chi connectivity index (χ0n) is 11.4. The predicted molar refractivity (Wildman–Crippen MR) is 71.4 cm³/mol. The lowest BCUT2D eigenvalue weighted by Crippen LogP contribution is -2.12. The lowest BCUT2D eigenvalue weighted by atomic mass is 10.3. The molecule has 0 fully saturated rings. The monoisotopic (exact) mass is 276 g/mol. The first-order valence-corrected chi connectivity index (χ1v) is 6.35. The standard InChI is InChI=1S/C13H16N4O3/c1-3-19-12(18)11-5-7-15-13(16-11)14-6-4-10-8-9(2)20-17-10/h5,7-8H,3-4,6H2,1-2H3,(H,14,15,16). The number of esters is 1. The molecule has 2 heterocycles. The molecular weight excluding hydrogens is 260 g/mol. The number of hydrogen-bond acceptors (Lipinski definition) is 7. The molecule has 2 aromatic rings. The average Bonchev–Trinajstić information content (AvgIpc) is 2.85. The van der Waals surface area contributed by atoms with E-state index in [1.54, 1.807) is 6.92 Å². The van der Waals surface area contributed by atoms with Crippen LogP contribution in [0.5, 0.6) is 0 Å². The SMILES string of the molecule is CCOC(=O)c1ccnc(NCCc2cc(C)on2)n1. The fourth-order valence-electron chi connectivity index (χ4n) is 1.60. The highest BCUT2D eigenvalue weighted by molar-refractivity contribution is 5.87. The number of aryl methyl sites for hydroxylation is 1. The quantitative estimate of drug-likeness (QED) is 0.801. The van der Waals surface area contributed by atoms with Crippen LogP contribution in [0.4, 0.5) is 5.95 Å². The molecule has 0 aliphatic rings. The molecule has 2 rings (SSSR count). The van der Waals surface area contributed by atoms with Gasteiger partial charge in [-0.3, -0.25) is 0 Å². The molecule has 0 saturated carbocycles. The summed E-state index contributed by atoms with van der Waals surface area (Å²) in [5.74, 6) is 0.710. The van der Waals surface area contributed by atoms with E-state index in [1.165, 1.54) is 12.3 Å². The summed E-state index contributed by atoms with van der Waals surface area (Å²) in [4.78, 5) is 19.7. The first kappa shape index (κ1) is 14.0. The summed E-state index contributed by atoms with van der Waals surface area (Å²) >= 11 is 0. The Hall–Kier alpha value is -2.44. The number of rotatable bonds is 6. The summed E-state index contributed by atoms with van der Waals surface area (Å²) in [6.45, 7) is 4.50. The lowest BCUT2D eigenvalue weighted by molar-refractivity contribution is 0.0519. The smallest absolute Gasteiger partial charge is 0.357 e. The van der Waals surface area contributed by atoms with E-state index in [1.807, 2.05) is 13.0 Å². The zero-order chi connectivity index (χ0) is 14.4. The Labute approximate surface area is 116 Å². The molecule has 0 aliphatic heterocycles. The van der Waals surface area contributed by atoms with Crippen molar-refractivity contribution in [1.29, 1.82) is 0 Å². The number of carbonyl (C=O) groups excluding carboxylic acids is 1. The van der Waals surface area contributed by atoms with Gasteiger partial charge in [0.2, 0.25) is 5.95 Å². The van der Waals surface area contributed by atoms with E-state index in [0.717, 1.165) is 11.5 Å². The molecule has 0 aromatic carbocycles. The van der Waals surface area contributed by atoms with E-state index in [-0.39, 0.29) is 5.69 Å². The molecule has 0 unspecified atom stereocenters. The van der Waals surface area contributed by atoms with Crippen LogP contribution in [0.1, 0.15) is 28.9 Å². The van der Waals surface area contributed by atoms with Gasteiger partial charge in [-0.2, -0.15) is 0 Å². The maximum atomic E-state index is 11.5. The minimum Gasteiger partial charge on any atom is -0.461 e. The largest absolute Gasteiger partial charge is 0.461 e. The van der Waals surface area contributed by atoms with Gasteiger partial charge in [0.05, 0.1) is 12.3 Å². The number of hydrogen-bond donors (Lipinski definition) is 1. The molecule has 0 atom stereocenters. The van der Waals surface area contributed by atoms with Crippen molar-refractivity contribution in [2.75, 3.05) is 18.5 Å². The summed E-state index contributed by atoms with van der Waals surface area (Å²) < 4.78 is 9.85. The number of nitrogens with zero attached hydrogens (tertiary/aromatic N) is 3. The second-order valence-electron chi connectivity index (χ2n) is 4.09. The van der Waals surface area contributed by atoms with Crippen LogP contribution < -0.4 is 5.32 Å². The van der Waals surface area contributed by atoms with Crippen molar-refractivity contribution in [3.8, 4) is 0 Å². The van der Waals surface area contributed by atoms with Crippen molar-refractivity contribution >= 4 is 11.9 Å². The Morgan fingerprint density at radius 1 is 1.50 bits per heavy atom. The number of nitrogens with one attached hydrogen (secondary N) is 1.